The maximum absolute atomic E-state index is 13.3. The highest BCUT2D eigenvalue weighted by molar-refractivity contribution is 5.21. The third kappa shape index (κ3) is 6.72. The van der Waals surface area contributed by atoms with Crippen molar-refractivity contribution in [3.05, 3.63) is 35.6 Å². The molecule has 0 aliphatic carbocycles. The van der Waals surface area contributed by atoms with Crippen molar-refractivity contribution in [3.63, 3.8) is 0 Å². The molecule has 0 aliphatic heterocycles. The molecule has 0 heterocycles. The number of unbranched alkanes of at least 4 members (excludes halogenated alkanes) is 4. The molecule has 0 aliphatic rings. The van der Waals surface area contributed by atoms with Crippen LogP contribution in [-0.2, 0) is 0 Å². The van der Waals surface area contributed by atoms with Gasteiger partial charge in [0.05, 0.1) is 0 Å². The molecule has 1 unspecified atom stereocenters. The van der Waals surface area contributed by atoms with Crippen molar-refractivity contribution in [3.8, 4) is 0 Å². The summed E-state index contributed by atoms with van der Waals surface area (Å²) in [6.07, 6.45) is 7.63. The molecule has 1 rings (SSSR count). The number of hydrogen-bond acceptors (Lipinski definition) is 1. The summed E-state index contributed by atoms with van der Waals surface area (Å²) in [6.45, 7) is 6.28. The van der Waals surface area contributed by atoms with Crippen LogP contribution < -0.4 is 5.32 Å². The molecule has 0 spiro atoms. The first-order valence-electron chi connectivity index (χ1n) is 7.74. The lowest BCUT2D eigenvalue weighted by Crippen LogP contribution is -2.21. The minimum absolute atomic E-state index is 0.120. The van der Waals surface area contributed by atoms with Crippen molar-refractivity contribution in [1.29, 1.82) is 0 Å². The molecule has 1 N–H and O–H groups in total. The van der Waals surface area contributed by atoms with Crippen molar-refractivity contribution >= 4 is 0 Å². The van der Waals surface area contributed by atoms with Crippen molar-refractivity contribution < 1.29 is 4.39 Å². The molecule has 0 radical (unpaired) electrons. The standard InChI is InChI=1S/C17H28FN/c1-3-5-6-7-8-10-16(14-19-4-2)15-11-9-12-17(18)13-15/h9,11-13,16,19H,3-8,10,14H2,1-2H3. The van der Waals surface area contributed by atoms with Crippen LogP contribution in [0.4, 0.5) is 4.39 Å². The van der Waals surface area contributed by atoms with Crippen LogP contribution in [-0.4, -0.2) is 13.1 Å². The highest BCUT2D eigenvalue weighted by Gasteiger charge is 2.11. The Balaban J connectivity index is 2.47. The molecule has 1 atom stereocenters. The monoisotopic (exact) mass is 265 g/mol. The van der Waals surface area contributed by atoms with E-state index in [9.17, 15) is 4.39 Å². The van der Waals surface area contributed by atoms with Crippen molar-refractivity contribution in [1.82, 2.24) is 5.32 Å². The van der Waals surface area contributed by atoms with E-state index in [1.165, 1.54) is 38.2 Å². The zero-order valence-corrected chi connectivity index (χ0v) is 12.4. The summed E-state index contributed by atoms with van der Waals surface area (Å²) in [5.74, 6) is 0.322. The molecule has 0 amide bonds. The Morgan fingerprint density at radius 2 is 1.89 bits per heavy atom. The first-order valence-corrected chi connectivity index (χ1v) is 7.74. The predicted molar refractivity (Wildman–Crippen MR) is 81.1 cm³/mol. The fourth-order valence-corrected chi connectivity index (χ4v) is 2.46. The number of rotatable bonds is 10. The van der Waals surface area contributed by atoms with Gasteiger partial charge in [-0.15, -0.1) is 0 Å². The maximum Gasteiger partial charge on any atom is 0.123 e. The normalized spacial score (nSPS) is 12.6. The Labute approximate surface area is 117 Å². The van der Waals surface area contributed by atoms with Crippen LogP contribution in [0.3, 0.4) is 0 Å². The lowest BCUT2D eigenvalue weighted by molar-refractivity contribution is 0.513. The number of likely N-dealkylation sites (N-methyl/N-ethyl adjacent to an activating group) is 1. The van der Waals surface area contributed by atoms with Gasteiger partial charge in [-0.05, 0) is 36.6 Å². The minimum Gasteiger partial charge on any atom is -0.316 e. The summed E-state index contributed by atoms with van der Waals surface area (Å²) in [5, 5.41) is 3.40. The summed E-state index contributed by atoms with van der Waals surface area (Å²) in [7, 11) is 0. The van der Waals surface area contributed by atoms with Gasteiger partial charge in [-0.3, -0.25) is 0 Å². The topological polar surface area (TPSA) is 12.0 Å². The molecule has 0 fully saturated rings. The molecule has 1 aromatic carbocycles. The largest absolute Gasteiger partial charge is 0.316 e. The van der Waals surface area contributed by atoms with Crippen LogP contribution in [0.25, 0.3) is 0 Å². The van der Waals surface area contributed by atoms with Crippen LogP contribution in [0.5, 0.6) is 0 Å². The number of halogens is 1. The van der Waals surface area contributed by atoms with E-state index in [0.29, 0.717) is 5.92 Å². The molecule has 0 aromatic heterocycles. The Kier molecular flexibility index (Phi) is 8.48. The lowest BCUT2D eigenvalue weighted by atomic mass is 9.92. The van der Waals surface area contributed by atoms with E-state index >= 15 is 0 Å². The molecule has 0 bridgehead atoms. The van der Waals surface area contributed by atoms with E-state index in [1.54, 1.807) is 6.07 Å². The summed E-state index contributed by atoms with van der Waals surface area (Å²) >= 11 is 0. The zero-order valence-electron chi connectivity index (χ0n) is 12.4. The van der Waals surface area contributed by atoms with E-state index in [0.717, 1.165) is 25.1 Å². The average Bonchev–Trinajstić information content (AvgIpc) is 2.42. The van der Waals surface area contributed by atoms with Gasteiger partial charge in [0.2, 0.25) is 0 Å². The summed E-state index contributed by atoms with van der Waals surface area (Å²) in [4.78, 5) is 0. The number of nitrogens with one attached hydrogen (secondary N) is 1. The molecule has 19 heavy (non-hydrogen) atoms. The molecule has 1 aromatic rings. The van der Waals surface area contributed by atoms with Gasteiger partial charge in [0.25, 0.3) is 0 Å². The van der Waals surface area contributed by atoms with E-state index in [2.05, 4.69) is 25.2 Å². The Hall–Kier alpha value is -0.890. The minimum atomic E-state index is -0.120. The Morgan fingerprint density at radius 1 is 1.11 bits per heavy atom. The van der Waals surface area contributed by atoms with Crippen molar-refractivity contribution in [2.45, 2.75) is 58.3 Å². The van der Waals surface area contributed by atoms with Gasteiger partial charge in [-0.2, -0.15) is 0 Å². The molecule has 0 saturated carbocycles. The SMILES string of the molecule is CCCCCCCC(CNCC)c1cccc(F)c1. The highest BCUT2D eigenvalue weighted by atomic mass is 19.1. The van der Waals surface area contributed by atoms with Crippen molar-refractivity contribution in [2.24, 2.45) is 0 Å². The smallest absolute Gasteiger partial charge is 0.123 e. The van der Waals surface area contributed by atoms with Gasteiger partial charge in [0.15, 0.2) is 0 Å². The quantitative estimate of drug-likeness (QED) is 0.595. The van der Waals surface area contributed by atoms with Gasteiger partial charge in [-0.25, -0.2) is 4.39 Å². The molecule has 0 saturated heterocycles. The van der Waals surface area contributed by atoms with Crippen LogP contribution in [0.1, 0.15) is 63.9 Å². The molecular weight excluding hydrogens is 237 g/mol. The van der Waals surface area contributed by atoms with Gasteiger partial charge in [0, 0.05) is 6.54 Å². The molecular formula is C17H28FN. The second-order valence-electron chi connectivity index (χ2n) is 5.26. The number of hydrogen-bond donors (Lipinski definition) is 1. The van der Waals surface area contributed by atoms with E-state index in [4.69, 9.17) is 0 Å². The summed E-state index contributed by atoms with van der Waals surface area (Å²) in [6, 6.07) is 7.08. The van der Waals surface area contributed by atoms with Crippen LogP contribution in [0.15, 0.2) is 24.3 Å². The van der Waals surface area contributed by atoms with Gasteiger partial charge < -0.3 is 5.32 Å². The summed E-state index contributed by atoms with van der Waals surface area (Å²) < 4.78 is 13.3. The zero-order chi connectivity index (χ0) is 13.9. The highest BCUT2D eigenvalue weighted by Crippen LogP contribution is 2.23. The molecule has 1 nitrogen and oxygen atoms in total. The number of benzene rings is 1. The maximum atomic E-state index is 13.3. The van der Waals surface area contributed by atoms with E-state index in [1.807, 2.05) is 6.07 Å². The van der Waals surface area contributed by atoms with Gasteiger partial charge in [-0.1, -0.05) is 58.1 Å². The second-order valence-corrected chi connectivity index (χ2v) is 5.26. The lowest BCUT2D eigenvalue weighted by Gasteiger charge is -2.18. The van der Waals surface area contributed by atoms with Gasteiger partial charge >= 0.3 is 0 Å². The van der Waals surface area contributed by atoms with Crippen LogP contribution in [0.2, 0.25) is 0 Å². The van der Waals surface area contributed by atoms with Crippen molar-refractivity contribution in [2.75, 3.05) is 13.1 Å². The Morgan fingerprint density at radius 3 is 2.58 bits per heavy atom. The van der Waals surface area contributed by atoms with E-state index < -0.39 is 0 Å². The van der Waals surface area contributed by atoms with Crippen LogP contribution in [0, 0.1) is 5.82 Å². The first kappa shape index (κ1) is 16.2. The fraction of sp³-hybridized carbons (Fsp3) is 0.647. The fourth-order valence-electron chi connectivity index (χ4n) is 2.46. The van der Waals surface area contributed by atoms with Crippen LogP contribution >= 0.6 is 0 Å². The molecule has 108 valence electrons. The average molecular weight is 265 g/mol. The third-order valence-electron chi connectivity index (χ3n) is 3.62. The third-order valence-corrected chi connectivity index (χ3v) is 3.62. The summed E-state index contributed by atoms with van der Waals surface area (Å²) in [5.41, 5.74) is 1.14. The van der Waals surface area contributed by atoms with Gasteiger partial charge in [0.1, 0.15) is 5.82 Å². The molecule has 2 heteroatoms. The first-order chi connectivity index (χ1) is 9.27. The second kappa shape index (κ2) is 9.96. The Bertz CT molecular complexity index is 338. The predicted octanol–water partition coefficient (Wildman–Crippen LogP) is 4.88. The van der Waals surface area contributed by atoms with E-state index in [-0.39, 0.29) is 5.82 Å².